The lowest BCUT2D eigenvalue weighted by molar-refractivity contribution is 0.00530. The molecule has 1 aliphatic heterocycles. The minimum atomic E-state index is 0.111. The van der Waals surface area contributed by atoms with Gasteiger partial charge in [-0.25, -0.2) is 0 Å². The van der Waals surface area contributed by atoms with Crippen molar-refractivity contribution in [1.29, 1.82) is 0 Å². The molecule has 1 aromatic carbocycles. The number of hydrogen-bond donors (Lipinski definition) is 1. The van der Waals surface area contributed by atoms with Crippen LogP contribution in [0.2, 0.25) is 0 Å². The van der Waals surface area contributed by atoms with E-state index in [-0.39, 0.29) is 6.04 Å². The second kappa shape index (κ2) is 8.13. The van der Waals surface area contributed by atoms with Crippen molar-refractivity contribution in [3.05, 3.63) is 34.3 Å². The molecule has 2 unspecified atom stereocenters. The molecule has 1 saturated heterocycles. The second-order valence-corrected chi connectivity index (χ2v) is 6.39. The lowest BCUT2D eigenvalue weighted by Gasteiger charge is -2.33. The van der Waals surface area contributed by atoms with Crippen molar-refractivity contribution >= 4 is 15.9 Å². The molecule has 0 radical (unpaired) electrons. The predicted octanol–water partition coefficient (Wildman–Crippen LogP) is 3.34. The lowest BCUT2D eigenvalue weighted by Crippen LogP contribution is -2.40. The minimum absolute atomic E-state index is 0.111. The van der Waals surface area contributed by atoms with Crippen molar-refractivity contribution in [2.45, 2.75) is 38.3 Å². The third kappa shape index (κ3) is 4.85. The zero-order valence-corrected chi connectivity index (χ0v) is 13.8. The van der Waals surface area contributed by atoms with Crippen LogP contribution in [-0.4, -0.2) is 37.2 Å². The number of nitrogens with two attached hydrogens (primary N) is 1. The van der Waals surface area contributed by atoms with Crippen LogP contribution in [0.15, 0.2) is 28.7 Å². The summed E-state index contributed by atoms with van der Waals surface area (Å²) in [7, 11) is 0. The number of benzene rings is 1. The maximum Gasteiger partial charge on any atom is 0.0702 e. The van der Waals surface area contributed by atoms with E-state index in [1.165, 1.54) is 24.9 Å². The summed E-state index contributed by atoms with van der Waals surface area (Å²) in [4.78, 5) is 2.49. The molecule has 0 spiro atoms. The van der Waals surface area contributed by atoms with Gasteiger partial charge in [-0.05, 0) is 50.4 Å². The molecule has 1 heterocycles. The molecule has 2 N–H and O–H groups in total. The van der Waals surface area contributed by atoms with Crippen LogP contribution in [0, 0.1) is 0 Å². The van der Waals surface area contributed by atoms with Crippen molar-refractivity contribution in [1.82, 2.24) is 4.90 Å². The Morgan fingerprint density at radius 1 is 1.50 bits per heavy atom. The number of piperidine rings is 1. The highest BCUT2D eigenvalue weighted by molar-refractivity contribution is 9.10. The molecule has 20 heavy (non-hydrogen) atoms. The fraction of sp³-hybridized carbons (Fsp3) is 0.625. The maximum atomic E-state index is 6.30. The van der Waals surface area contributed by atoms with Gasteiger partial charge in [0.15, 0.2) is 0 Å². The number of nitrogens with zero attached hydrogens (tertiary/aromatic N) is 1. The zero-order valence-electron chi connectivity index (χ0n) is 12.2. The molecule has 0 bridgehead atoms. The average molecular weight is 341 g/mol. The molecule has 2 atom stereocenters. The smallest absolute Gasteiger partial charge is 0.0702 e. The Balaban J connectivity index is 1.79. The van der Waals surface area contributed by atoms with E-state index in [0.717, 1.165) is 30.6 Å². The Bertz CT molecular complexity index is 411. The van der Waals surface area contributed by atoms with Crippen molar-refractivity contribution in [3.63, 3.8) is 0 Å². The van der Waals surface area contributed by atoms with Gasteiger partial charge in [0.25, 0.3) is 0 Å². The SMILES string of the molecule is CCOC1CCCN(CCC(N)c2cccc(Br)c2)C1. The van der Waals surface area contributed by atoms with Gasteiger partial charge in [0.1, 0.15) is 0 Å². The van der Waals surface area contributed by atoms with Gasteiger partial charge in [-0.2, -0.15) is 0 Å². The lowest BCUT2D eigenvalue weighted by atomic mass is 10.0. The monoisotopic (exact) mass is 340 g/mol. The van der Waals surface area contributed by atoms with E-state index in [1.54, 1.807) is 0 Å². The Kier molecular flexibility index (Phi) is 6.49. The van der Waals surface area contributed by atoms with E-state index in [2.05, 4.69) is 39.9 Å². The summed E-state index contributed by atoms with van der Waals surface area (Å²) < 4.78 is 6.84. The van der Waals surface area contributed by atoms with Gasteiger partial charge in [0.05, 0.1) is 6.10 Å². The Labute approximate surface area is 130 Å². The van der Waals surface area contributed by atoms with Crippen molar-refractivity contribution < 1.29 is 4.74 Å². The van der Waals surface area contributed by atoms with E-state index >= 15 is 0 Å². The molecule has 1 fully saturated rings. The molecule has 4 heteroatoms. The molecule has 0 saturated carbocycles. The summed E-state index contributed by atoms with van der Waals surface area (Å²) in [6, 6.07) is 8.41. The summed E-state index contributed by atoms with van der Waals surface area (Å²) in [5, 5.41) is 0. The maximum absolute atomic E-state index is 6.30. The number of rotatable bonds is 6. The molecule has 1 aliphatic rings. The number of halogens is 1. The molecule has 0 aromatic heterocycles. The van der Waals surface area contributed by atoms with Gasteiger partial charge in [-0.1, -0.05) is 28.1 Å². The normalized spacial score (nSPS) is 21.9. The standard InChI is InChI=1S/C16H25BrN2O/c1-2-20-15-7-4-9-19(12-15)10-8-16(18)13-5-3-6-14(17)11-13/h3,5-6,11,15-16H,2,4,7-10,12,18H2,1H3. The van der Waals surface area contributed by atoms with Crippen LogP contribution in [0.4, 0.5) is 0 Å². The number of hydrogen-bond acceptors (Lipinski definition) is 3. The van der Waals surface area contributed by atoms with E-state index < -0.39 is 0 Å². The van der Waals surface area contributed by atoms with Crippen molar-refractivity contribution in [3.8, 4) is 0 Å². The van der Waals surface area contributed by atoms with Crippen LogP contribution >= 0.6 is 15.9 Å². The first-order valence-corrected chi connectivity index (χ1v) is 8.33. The Morgan fingerprint density at radius 3 is 3.10 bits per heavy atom. The van der Waals surface area contributed by atoms with Gasteiger partial charge < -0.3 is 15.4 Å². The fourth-order valence-corrected chi connectivity index (χ4v) is 3.23. The Hall–Kier alpha value is -0.420. The first-order valence-electron chi connectivity index (χ1n) is 7.54. The number of likely N-dealkylation sites (tertiary alicyclic amines) is 1. The second-order valence-electron chi connectivity index (χ2n) is 5.47. The van der Waals surface area contributed by atoms with Crippen LogP contribution in [0.5, 0.6) is 0 Å². The van der Waals surface area contributed by atoms with Crippen LogP contribution in [-0.2, 0) is 4.74 Å². The van der Waals surface area contributed by atoms with E-state index in [0.29, 0.717) is 6.10 Å². The van der Waals surface area contributed by atoms with Gasteiger partial charge >= 0.3 is 0 Å². The van der Waals surface area contributed by atoms with Crippen molar-refractivity contribution in [2.24, 2.45) is 5.73 Å². The summed E-state index contributed by atoms with van der Waals surface area (Å²) in [6.07, 6.45) is 3.84. The quantitative estimate of drug-likeness (QED) is 0.862. The van der Waals surface area contributed by atoms with Gasteiger partial charge in [0.2, 0.25) is 0 Å². The zero-order chi connectivity index (χ0) is 14.4. The molecule has 2 rings (SSSR count). The summed E-state index contributed by atoms with van der Waals surface area (Å²) >= 11 is 3.50. The van der Waals surface area contributed by atoms with E-state index in [4.69, 9.17) is 10.5 Å². The molecule has 0 amide bonds. The van der Waals surface area contributed by atoms with E-state index in [9.17, 15) is 0 Å². The molecular formula is C16H25BrN2O. The first kappa shape index (κ1) is 16.0. The van der Waals surface area contributed by atoms with Crippen LogP contribution < -0.4 is 5.73 Å². The van der Waals surface area contributed by atoms with Crippen LogP contribution in [0.3, 0.4) is 0 Å². The largest absolute Gasteiger partial charge is 0.377 e. The highest BCUT2D eigenvalue weighted by Crippen LogP contribution is 2.20. The number of ether oxygens (including phenoxy) is 1. The van der Waals surface area contributed by atoms with E-state index in [1.807, 2.05) is 12.1 Å². The predicted molar refractivity (Wildman–Crippen MR) is 86.8 cm³/mol. The average Bonchev–Trinajstić information content (AvgIpc) is 2.45. The third-order valence-electron chi connectivity index (χ3n) is 3.90. The Morgan fingerprint density at radius 2 is 2.35 bits per heavy atom. The fourth-order valence-electron chi connectivity index (χ4n) is 2.81. The first-order chi connectivity index (χ1) is 9.69. The summed E-state index contributed by atoms with van der Waals surface area (Å²) in [5.74, 6) is 0. The molecular weight excluding hydrogens is 316 g/mol. The van der Waals surface area contributed by atoms with Gasteiger partial charge in [-0.3, -0.25) is 0 Å². The molecule has 0 aliphatic carbocycles. The molecule has 1 aromatic rings. The highest BCUT2D eigenvalue weighted by atomic mass is 79.9. The van der Waals surface area contributed by atoms with Crippen LogP contribution in [0.1, 0.15) is 37.8 Å². The minimum Gasteiger partial charge on any atom is -0.377 e. The van der Waals surface area contributed by atoms with Crippen molar-refractivity contribution in [2.75, 3.05) is 26.2 Å². The van der Waals surface area contributed by atoms with Gasteiger partial charge in [0, 0.05) is 30.2 Å². The summed E-state index contributed by atoms with van der Waals surface area (Å²) in [6.45, 7) is 6.17. The summed E-state index contributed by atoms with van der Waals surface area (Å²) in [5.41, 5.74) is 7.50. The highest BCUT2D eigenvalue weighted by Gasteiger charge is 2.20. The molecule has 112 valence electrons. The molecule has 3 nitrogen and oxygen atoms in total. The topological polar surface area (TPSA) is 38.5 Å². The van der Waals surface area contributed by atoms with Gasteiger partial charge in [-0.15, -0.1) is 0 Å². The van der Waals surface area contributed by atoms with Crippen LogP contribution in [0.25, 0.3) is 0 Å². The third-order valence-corrected chi connectivity index (χ3v) is 4.39.